The molecule has 0 bridgehead atoms. The second-order valence-electron chi connectivity index (χ2n) is 5.98. The van der Waals surface area contributed by atoms with Crippen LogP contribution in [-0.2, 0) is 0 Å². The molecule has 0 spiro atoms. The van der Waals surface area contributed by atoms with E-state index in [0.29, 0.717) is 29.5 Å². The lowest BCUT2D eigenvalue weighted by Crippen LogP contribution is -2.38. The summed E-state index contributed by atoms with van der Waals surface area (Å²) in [7, 11) is 0. The smallest absolute Gasteiger partial charge is 0.255 e. The molecule has 0 saturated carbocycles. The number of halogens is 1. The van der Waals surface area contributed by atoms with E-state index in [0.717, 1.165) is 24.0 Å². The normalized spacial score (nSPS) is 17.3. The van der Waals surface area contributed by atoms with Crippen molar-refractivity contribution >= 4 is 21.8 Å². The molecule has 3 rings (SSSR count). The summed E-state index contributed by atoms with van der Waals surface area (Å²) in [6.07, 6.45) is 2.33. The van der Waals surface area contributed by atoms with Gasteiger partial charge in [-0.25, -0.2) is 0 Å². The molecule has 0 radical (unpaired) electrons. The van der Waals surface area contributed by atoms with Crippen molar-refractivity contribution in [3.05, 3.63) is 58.6 Å². The Kier molecular flexibility index (Phi) is 5.88. The van der Waals surface area contributed by atoms with Crippen molar-refractivity contribution in [2.24, 2.45) is 5.92 Å². The Balaban J connectivity index is 1.67. The van der Waals surface area contributed by atoms with Crippen LogP contribution in [0.3, 0.4) is 0 Å². The van der Waals surface area contributed by atoms with Gasteiger partial charge < -0.3 is 15.4 Å². The maximum Gasteiger partial charge on any atom is 0.255 e. The minimum Gasteiger partial charge on any atom is -0.456 e. The second-order valence-corrected chi connectivity index (χ2v) is 6.89. The van der Waals surface area contributed by atoms with Crippen LogP contribution in [0.4, 0.5) is 0 Å². The Morgan fingerprint density at radius 2 is 2.12 bits per heavy atom. The molecule has 1 amide bonds. The first-order valence-corrected chi connectivity index (χ1v) is 9.03. The Hall–Kier alpha value is -1.85. The van der Waals surface area contributed by atoms with E-state index < -0.39 is 0 Å². The molecule has 1 atom stereocenters. The molecule has 1 unspecified atom stereocenters. The van der Waals surface area contributed by atoms with E-state index in [9.17, 15) is 4.79 Å². The van der Waals surface area contributed by atoms with Gasteiger partial charge in [0.2, 0.25) is 0 Å². The molecule has 1 aliphatic heterocycles. The van der Waals surface area contributed by atoms with Crippen LogP contribution in [-0.4, -0.2) is 25.5 Å². The molecule has 2 aromatic rings. The van der Waals surface area contributed by atoms with Crippen molar-refractivity contribution in [3.8, 4) is 11.5 Å². The van der Waals surface area contributed by atoms with Crippen LogP contribution in [0.15, 0.2) is 53.0 Å². The van der Waals surface area contributed by atoms with Gasteiger partial charge in [-0.3, -0.25) is 4.79 Å². The van der Waals surface area contributed by atoms with Crippen LogP contribution >= 0.6 is 15.9 Å². The lowest BCUT2D eigenvalue weighted by atomic mass is 9.99. The van der Waals surface area contributed by atoms with Crippen molar-refractivity contribution < 1.29 is 9.53 Å². The van der Waals surface area contributed by atoms with Crippen LogP contribution in [0, 0.1) is 5.92 Å². The van der Waals surface area contributed by atoms with Gasteiger partial charge in [-0.05, 0) is 62.2 Å². The Morgan fingerprint density at radius 1 is 1.25 bits per heavy atom. The molecule has 24 heavy (non-hydrogen) atoms. The zero-order valence-corrected chi connectivity index (χ0v) is 15.0. The lowest BCUT2D eigenvalue weighted by molar-refractivity contribution is 0.0942. The molecule has 0 aromatic heterocycles. The number of hydrogen-bond acceptors (Lipinski definition) is 3. The fraction of sp³-hybridized carbons (Fsp3) is 0.316. The molecular formula is C19H21BrN2O2. The molecule has 2 N–H and O–H groups in total. The summed E-state index contributed by atoms with van der Waals surface area (Å²) in [6, 6.07) is 14.9. The molecule has 1 fully saturated rings. The highest BCUT2D eigenvalue weighted by molar-refractivity contribution is 9.10. The summed E-state index contributed by atoms with van der Waals surface area (Å²) in [4.78, 5) is 12.5. The summed E-state index contributed by atoms with van der Waals surface area (Å²) in [6.45, 7) is 2.74. The van der Waals surface area contributed by atoms with Gasteiger partial charge >= 0.3 is 0 Å². The lowest BCUT2D eigenvalue weighted by Gasteiger charge is -2.23. The number of carbonyl (C=O) groups excluding carboxylic acids is 1. The average molecular weight is 389 g/mol. The third-order valence-corrected chi connectivity index (χ3v) is 4.60. The number of benzene rings is 2. The van der Waals surface area contributed by atoms with Crippen LogP contribution in [0.1, 0.15) is 23.2 Å². The molecule has 0 aliphatic carbocycles. The number of amides is 1. The molecule has 4 nitrogen and oxygen atoms in total. The Labute approximate surface area is 150 Å². The van der Waals surface area contributed by atoms with Crippen LogP contribution in [0.5, 0.6) is 11.5 Å². The van der Waals surface area contributed by atoms with E-state index in [1.165, 1.54) is 6.42 Å². The molecule has 126 valence electrons. The average Bonchev–Trinajstić information content (AvgIpc) is 2.61. The summed E-state index contributed by atoms with van der Waals surface area (Å²) in [5.41, 5.74) is 0.557. The fourth-order valence-electron chi connectivity index (χ4n) is 2.83. The molecule has 2 aromatic carbocycles. The monoisotopic (exact) mass is 388 g/mol. The maximum atomic E-state index is 12.5. The number of rotatable bonds is 5. The molecular weight excluding hydrogens is 368 g/mol. The highest BCUT2D eigenvalue weighted by Crippen LogP contribution is 2.27. The quantitative estimate of drug-likeness (QED) is 0.814. The first-order valence-electron chi connectivity index (χ1n) is 8.24. The van der Waals surface area contributed by atoms with Gasteiger partial charge in [0, 0.05) is 11.0 Å². The van der Waals surface area contributed by atoms with Gasteiger partial charge in [0.25, 0.3) is 5.91 Å². The number of ether oxygens (including phenoxy) is 1. The highest BCUT2D eigenvalue weighted by Gasteiger charge is 2.17. The Bertz CT molecular complexity index is 699. The maximum absolute atomic E-state index is 12.5. The third-order valence-electron chi connectivity index (χ3n) is 4.11. The van der Waals surface area contributed by atoms with Crippen molar-refractivity contribution in [2.75, 3.05) is 19.6 Å². The van der Waals surface area contributed by atoms with Gasteiger partial charge in [-0.1, -0.05) is 34.1 Å². The first-order chi connectivity index (χ1) is 11.7. The Morgan fingerprint density at radius 3 is 2.92 bits per heavy atom. The van der Waals surface area contributed by atoms with Gasteiger partial charge in [-0.2, -0.15) is 0 Å². The standard InChI is InChI=1S/C19H21BrN2O2/c20-15-6-3-7-16(11-15)24-18-9-2-1-8-17(18)19(23)22-13-14-5-4-10-21-12-14/h1-3,6-9,11,14,21H,4-5,10,12-13H2,(H,22,23). The van der Waals surface area contributed by atoms with Gasteiger partial charge in [-0.15, -0.1) is 0 Å². The number of piperidine rings is 1. The van der Waals surface area contributed by atoms with Crippen molar-refractivity contribution in [1.29, 1.82) is 0 Å². The summed E-state index contributed by atoms with van der Waals surface area (Å²) >= 11 is 3.43. The zero-order chi connectivity index (χ0) is 16.8. The fourth-order valence-corrected chi connectivity index (χ4v) is 3.21. The van der Waals surface area contributed by atoms with Gasteiger partial charge in [0.05, 0.1) is 5.56 Å². The highest BCUT2D eigenvalue weighted by atomic mass is 79.9. The number of nitrogens with one attached hydrogen (secondary N) is 2. The predicted octanol–water partition coefficient (Wildman–Crippen LogP) is 3.97. The summed E-state index contributed by atoms with van der Waals surface area (Å²) in [5.74, 6) is 1.67. The van der Waals surface area contributed by atoms with Gasteiger partial charge in [0.1, 0.15) is 11.5 Å². The third kappa shape index (κ3) is 4.58. The van der Waals surface area contributed by atoms with Gasteiger partial charge in [0.15, 0.2) is 0 Å². The van der Waals surface area contributed by atoms with Crippen molar-refractivity contribution in [2.45, 2.75) is 12.8 Å². The van der Waals surface area contributed by atoms with Crippen molar-refractivity contribution in [3.63, 3.8) is 0 Å². The first kappa shape index (κ1) is 17.0. The number of carbonyl (C=O) groups is 1. The van der Waals surface area contributed by atoms with E-state index in [1.807, 2.05) is 42.5 Å². The second kappa shape index (κ2) is 8.31. The van der Waals surface area contributed by atoms with E-state index >= 15 is 0 Å². The van der Waals surface area contributed by atoms with Crippen LogP contribution < -0.4 is 15.4 Å². The van der Waals surface area contributed by atoms with E-state index in [4.69, 9.17) is 4.74 Å². The van der Waals surface area contributed by atoms with E-state index in [1.54, 1.807) is 6.07 Å². The predicted molar refractivity (Wildman–Crippen MR) is 98.6 cm³/mol. The topological polar surface area (TPSA) is 50.4 Å². The molecule has 5 heteroatoms. The van der Waals surface area contributed by atoms with Crippen molar-refractivity contribution in [1.82, 2.24) is 10.6 Å². The van der Waals surface area contributed by atoms with Crippen LogP contribution in [0.2, 0.25) is 0 Å². The SMILES string of the molecule is O=C(NCC1CCCNC1)c1ccccc1Oc1cccc(Br)c1. The zero-order valence-electron chi connectivity index (χ0n) is 13.4. The molecule has 1 heterocycles. The minimum absolute atomic E-state index is 0.0915. The number of hydrogen-bond donors (Lipinski definition) is 2. The molecule has 1 saturated heterocycles. The molecule has 1 aliphatic rings. The number of para-hydroxylation sites is 1. The minimum atomic E-state index is -0.0915. The summed E-state index contributed by atoms with van der Waals surface area (Å²) in [5, 5.41) is 6.41. The van der Waals surface area contributed by atoms with E-state index in [-0.39, 0.29) is 5.91 Å². The van der Waals surface area contributed by atoms with Crippen LogP contribution in [0.25, 0.3) is 0 Å². The largest absolute Gasteiger partial charge is 0.456 e. The van der Waals surface area contributed by atoms with E-state index in [2.05, 4.69) is 26.6 Å². The summed E-state index contributed by atoms with van der Waals surface area (Å²) < 4.78 is 6.84.